The van der Waals surface area contributed by atoms with Gasteiger partial charge in [-0.25, -0.2) is 0 Å². The van der Waals surface area contributed by atoms with Crippen molar-refractivity contribution >= 4 is 23.2 Å². The van der Waals surface area contributed by atoms with Gasteiger partial charge in [-0.1, -0.05) is 18.2 Å². The fourth-order valence-corrected chi connectivity index (χ4v) is 2.05. The first-order valence-corrected chi connectivity index (χ1v) is 6.52. The molecule has 0 aromatic heterocycles. The molecule has 0 bridgehead atoms. The molecule has 5 heteroatoms. The van der Waals surface area contributed by atoms with Gasteiger partial charge in [0.25, 0.3) is 11.8 Å². The van der Waals surface area contributed by atoms with Crippen LogP contribution in [0.4, 0.5) is 11.4 Å². The van der Waals surface area contributed by atoms with Gasteiger partial charge in [-0.05, 0) is 36.8 Å². The number of carbonyl (C=O) groups is 2. The summed E-state index contributed by atoms with van der Waals surface area (Å²) in [5, 5.41) is 5.36. The van der Waals surface area contributed by atoms with Crippen LogP contribution < -0.4 is 16.4 Å². The summed E-state index contributed by atoms with van der Waals surface area (Å²) in [5.41, 5.74) is 8.42. The van der Waals surface area contributed by atoms with Crippen LogP contribution in [0.3, 0.4) is 0 Å². The largest absolute Gasteiger partial charge is 0.398 e. The Bertz CT molecular complexity index is 696. The Balaban J connectivity index is 2.30. The van der Waals surface area contributed by atoms with Gasteiger partial charge < -0.3 is 16.4 Å². The summed E-state index contributed by atoms with van der Waals surface area (Å²) < 4.78 is 0. The molecule has 2 amide bonds. The number of anilines is 2. The molecule has 21 heavy (non-hydrogen) atoms. The molecular formula is C16H17N3O2. The molecule has 4 N–H and O–H groups in total. The summed E-state index contributed by atoms with van der Waals surface area (Å²) in [6.45, 7) is 1.79. The molecule has 0 aliphatic heterocycles. The van der Waals surface area contributed by atoms with E-state index >= 15 is 0 Å². The molecule has 108 valence electrons. The van der Waals surface area contributed by atoms with E-state index in [0.717, 1.165) is 0 Å². The summed E-state index contributed by atoms with van der Waals surface area (Å²) in [4.78, 5) is 24.0. The van der Waals surface area contributed by atoms with Crippen molar-refractivity contribution in [3.8, 4) is 0 Å². The predicted octanol–water partition coefficient (Wildman–Crippen LogP) is 2.19. The second kappa shape index (κ2) is 6.09. The Morgan fingerprint density at radius 2 is 1.62 bits per heavy atom. The van der Waals surface area contributed by atoms with Gasteiger partial charge in [0.1, 0.15) is 0 Å². The van der Waals surface area contributed by atoms with Crippen molar-refractivity contribution in [2.24, 2.45) is 0 Å². The average Bonchev–Trinajstić information content (AvgIpc) is 2.49. The van der Waals surface area contributed by atoms with Crippen LogP contribution in [0.5, 0.6) is 0 Å². The minimum Gasteiger partial charge on any atom is -0.398 e. The standard InChI is InChI=1S/C16H17N3O2/c1-10-11(15(20)18-2)7-5-9-14(10)19-16(21)12-6-3-4-8-13(12)17/h3-9H,17H2,1-2H3,(H,18,20)(H,19,21). The van der Waals surface area contributed by atoms with Crippen molar-refractivity contribution < 1.29 is 9.59 Å². The molecule has 0 fully saturated rings. The van der Waals surface area contributed by atoms with E-state index < -0.39 is 0 Å². The van der Waals surface area contributed by atoms with Crippen molar-refractivity contribution in [3.63, 3.8) is 0 Å². The van der Waals surface area contributed by atoms with E-state index in [1.807, 2.05) is 0 Å². The van der Waals surface area contributed by atoms with E-state index in [9.17, 15) is 9.59 Å². The van der Waals surface area contributed by atoms with Gasteiger partial charge in [0, 0.05) is 24.0 Å². The molecular weight excluding hydrogens is 266 g/mol. The van der Waals surface area contributed by atoms with E-state index in [1.165, 1.54) is 0 Å². The van der Waals surface area contributed by atoms with E-state index in [1.54, 1.807) is 56.4 Å². The van der Waals surface area contributed by atoms with Gasteiger partial charge in [-0.2, -0.15) is 0 Å². The van der Waals surface area contributed by atoms with Gasteiger partial charge in [0.15, 0.2) is 0 Å². The summed E-state index contributed by atoms with van der Waals surface area (Å²) in [6.07, 6.45) is 0. The Morgan fingerprint density at radius 1 is 0.952 bits per heavy atom. The number of nitrogens with one attached hydrogen (secondary N) is 2. The average molecular weight is 283 g/mol. The van der Waals surface area contributed by atoms with Crippen LogP contribution in [0.25, 0.3) is 0 Å². The summed E-state index contributed by atoms with van der Waals surface area (Å²) in [5.74, 6) is -0.493. The van der Waals surface area contributed by atoms with Crippen molar-refractivity contribution in [1.82, 2.24) is 5.32 Å². The van der Waals surface area contributed by atoms with Crippen LogP contribution in [-0.2, 0) is 0 Å². The lowest BCUT2D eigenvalue weighted by molar-refractivity contribution is 0.0960. The molecule has 0 heterocycles. The predicted molar refractivity (Wildman–Crippen MR) is 83.4 cm³/mol. The molecule has 0 unspecified atom stereocenters. The van der Waals surface area contributed by atoms with Gasteiger partial charge in [0.05, 0.1) is 5.56 Å². The first kappa shape index (κ1) is 14.6. The maximum atomic E-state index is 12.2. The number of carbonyl (C=O) groups excluding carboxylic acids is 2. The number of hydrogen-bond donors (Lipinski definition) is 3. The lowest BCUT2D eigenvalue weighted by Gasteiger charge is -2.12. The number of hydrogen-bond acceptors (Lipinski definition) is 3. The topological polar surface area (TPSA) is 84.2 Å². The summed E-state index contributed by atoms with van der Waals surface area (Å²) in [6, 6.07) is 12.0. The molecule has 0 saturated carbocycles. The van der Waals surface area contributed by atoms with Crippen LogP contribution in [0.1, 0.15) is 26.3 Å². The third-order valence-corrected chi connectivity index (χ3v) is 3.26. The molecule has 2 aromatic carbocycles. The van der Waals surface area contributed by atoms with Gasteiger partial charge in [-0.3, -0.25) is 9.59 Å². The Kier molecular flexibility index (Phi) is 4.23. The lowest BCUT2D eigenvalue weighted by Crippen LogP contribution is -2.20. The van der Waals surface area contributed by atoms with Crippen molar-refractivity contribution in [1.29, 1.82) is 0 Å². The van der Waals surface area contributed by atoms with Gasteiger partial charge in [0.2, 0.25) is 0 Å². The number of rotatable bonds is 3. The van der Waals surface area contributed by atoms with Crippen molar-refractivity contribution in [3.05, 3.63) is 59.2 Å². The van der Waals surface area contributed by atoms with Crippen molar-refractivity contribution in [2.75, 3.05) is 18.1 Å². The molecule has 0 spiro atoms. The molecule has 0 aliphatic carbocycles. The molecule has 5 nitrogen and oxygen atoms in total. The Morgan fingerprint density at radius 3 is 2.29 bits per heavy atom. The molecule has 0 saturated heterocycles. The molecule has 0 aliphatic rings. The van der Waals surface area contributed by atoms with Crippen LogP contribution in [0.15, 0.2) is 42.5 Å². The van der Waals surface area contributed by atoms with E-state index in [-0.39, 0.29) is 11.8 Å². The van der Waals surface area contributed by atoms with Crippen LogP contribution in [-0.4, -0.2) is 18.9 Å². The molecule has 2 rings (SSSR count). The third kappa shape index (κ3) is 3.02. The quantitative estimate of drug-likeness (QED) is 0.755. The molecule has 0 radical (unpaired) electrons. The van der Waals surface area contributed by atoms with E-state index in [0.29, 0.717) is 28.1 Å². The zero-order valence-electron chi connectivity index (χ0n) is 11.9. The second-order valence-corrected chi connectivity index (χ2v) is 4.60. The second-order valence-electron chi connectivity index (χ2n) is 4.60. The highest BCUT2D eigenvalue weighted by molar-refractivity contribution is 6.08. The third-order valence-electron chi connectivity index (χ3n) is 3.26. The first-order chi connectivity index (χ1) is 10.0. The van der Waals surface area contributed by atoms with Gasteiger partial charge >= 0.3 is 0 Å². The van der Waals surface area contributed by atoms with Crippen LogP contribution in [0, 0.1) is 6.92 Å². The van der Waals surface area contributed by atoms with E-state index in [4.69, 9.17) is 5.73 Å². The van der Waals surface area contributed by atoms with E-state index in [2.05, 4.69) is 10.6 Å². The highest BCUT2D eigenvalue weighted by Crippen LogP contribution is 2.21. The summed E-state index contributed by atoms with van der Waals surface area (Å²) >= 11 is 0. The monoisotopic (exact) mass is 283 g/mol. The zero-order valence-corrected chi connectivity index (χ0v) is 11.9. The first-order valence-electron chi connectivity index (χ1n) is 6.52. The molecule has 0 atom stereocenters. The Labute approximate surface area is 123 Å². The lowest BCUT2D eigenvalue weighted by atomic mass is 10.1. The fraction of sp³-hybridized carbons (Fsp3) is 0.125. The van der Waals surface area contributed by atoms with Crippen molar-refractivity contribution in [2.45, 2.75) is 6.92 Å². The highest BCUT2D eigenvalue weighted by Gasteiger charge is 2.14. The normalized spacial score (nSPS) is 10.0. The maximum absolute atomic E-state index is 12.2. The maximum Gasteiger partial charge on any atom is 0.257 e. The van der Waals surface area contributed by atoms with Gasteiger partial charge in [-0.15, -0.1) is 0 Å². The number of para-hydroxylation sites is 1. The van der Waals surface area contributed by atoms with Crippen LogP contribution >= 0.6 is 0 Å². The smallest absolute Gasteiger partial charge is 0.257 e. The number of nitrogen functional groups attached to an aromatic ring is 1. The SMILES string of the molecule is CNC(=O)c1cccc(NC(=O)c2ccccc2N)c1C. The fourth-order valence-electron chi connectivity index (χ4n) is 2.05. The summed E-state index contributed by atoms with van der Waals surface area (Å²) in [7, 11) is 1.57. The number of amides is 2. The number of nitrogens with two attached hydrogens (primary N) is 1. The number of benzene rings is 2. The highest BCUT2D eigenvalue weighted by atomic mass is 16.2. The van der Waals surface area contributed by atoms with Crippen LogP contribution in [0.2, 0.25) is 0 Å². The molecule has 2 aromatic rings. The Hall–Kier alpha value is -2.82. The minimum atomic E-state index is -0.301. The zero-order chi connectivity index (χ0) is 15.4. The minimum absolute atomic E-state index is 0.192.